The number of hydrogen-bond donors (Lipinski definition) is 1. The molecule has 5 nitrogen and oxygen atoms in total. The molecule has 2 aromatic heterocycles. The largest absolute Gasteiger partial charge is 0.489 e. The molecular weight excluding hydrogens is 264 g/mol. The molecule has 0 atom stereocenters. The molecule has 0 aliphatic carbocycles. The van der Waals surface area contributed by atoms with Crippen LogP contribution < -0.4 is 10.1 Å². The van der Waals surface area contributed by atoms with Gasteiger partial charge in [-0.25, -0.2) is 0 Å². The molecule has 0 aliphatic heterocycles. The second-order valence-corrected chi connectivity index (χ2v) is 5.25. The smallest absolute Gasteiger partial charge is 0.151 e. The molecule has 0 saturated heterocycles. The summed E-state index contributed by atoms with van der Waals surface area (Å²) in [5.74, 6) is 1.58. The molecule has 0 bridgehead atoms. The van der Waals surface area contributed by atoms with Crippen molar-refractivity contribution in [1.29, 1.82) is 0 Å². The van der Waals surface area contributed by atoms with Gasteiger partial charge in [0.2, 0.25) is 0 Å². The normalized spacial score (nSPS) is 10.8. The first-order valence-electron chi connectivity index (χ1n) is 7.22. The maximum absolute atomic E-state index is 5.69. The summed E-state index contributed by atoms with van der Waals surface area (Å²) >= 11 is 0. The number of rotatable bonds is 5. The van der Waals surface area contributed by atoms with E-state index in [9.17, 15) is 0 Å². The molecule has 2 heterocycles. The number of hydrogen-bond acceptors (Lipinski definition) is 5. The predicted molar refractivity (Wildman–Crippen MR) is 84.7 cm³/mol. The Hall–Kier alpha value is -2.17. The molecule has 0 amide bonds. The van der Waals surface area contributed by atoms with E-state index in [1.54, 1.807) is 12.4 Å². The van der Waals surface area contributed by atoms with Crippen LogP contribution in [0.5, 0.6) is 5.75 Å². The lowest BCUT2D eigenvalue weighted by Crippen LogP contribution is -2.07. The molecule has 0 radical (unpaired) electrons. The number of pyridine rings is 1. The van der Waals surface area contributed by atoms with Crippen LogP contribution in [-0.4, -0.2) is 27.8 Å². The average molecular weight is 286 g/mol. The summed E-state index contributed by atoms with van der Waals surface area (Å²) in [6.45, 7) is 11.0. The number of nitrogens with one attached hydrogen (secondary N) is 1. The molecule has 2 rings (SSSR count). The van der Waals surface area contributed by atoms with Crippen LogP contribution in [-0.2, 0) is 0 Å². The van der Waals surface area contributed by atoms with Crippen molar-refractivity contribution in [2.75, 3.05) is 11.9 Å². The van der Waals surface area contributed by atoms with Gasteiger partial charge in [-0.15, -0.1) is 10.2 Å². The Labute approximate surface area is 125 Å². The van der Waals surface area contributed by atoms with Gasteiger partial charge in [0, 0.05) is 18.3 Å². The maximum atomic E-state index is 5.69. The van der Waals surface area contributed by atoms with Crippen molar-refractivity contribution in [3.8, 4) is 17.0 Å². The lowest BCUT2D eigenvalue weighted by molar-refractivity contribution is 0.241. The van der Waals surface area contributed by atoms with Crippen LogP contribution in [0.25, 0.3) is 11.3 Å². The van der Waals surface area contributed by atoms with E-state index in [-0.39, 0.29) is 6.10 Å². The fraction of sp³-hybridized carbons (Fsp3) is 0.438. The van der Waals surface area contributed by atoms with E-state index in [4.69, 9.17) is 4.74 Å². The van der Waals surface area contributed by atoms with Gasteiger partial charge in [-0.2, -0.15) is 0 Å². The van der Waals surface area contributed by atoms with Gasteiger partial charge in [0.1, 0.15) is 5.75 Å². The molecule has 112 valence electrons. The molecule has 0 aliphatic rings. The lowest BCUT2D eigenvalue weighted by atomic mass is 10.1. The van der Waals surface area contributed by atoms with E-state index >= 15 is 0 Å². The summed E-state index contributed by atoms with van der Waals surface area (Å²) in [7, 11) is 0. The van der Waals surface area contributed by atoms with Crippen LogP contribution in [0.1, 0.15) is 31.9 Å². The van der Waals surface area contributed by atoms with E-state index < -0.39 is 0 Å². The summed E-state index contributed by atoms with van der Waals surface area (Å²) in [5.41, 5.74) is 3.97. The Morgan fingerprint density at radius 3 is 2.57 bits per heavy atom. The molecular formula is C16H22N4O. The Morgan fingerprint density at radius 2 is 1.90 bits per heavy atom. The lowest BCUT2D eigenvalue weighted by Gasteiger charge is -2.13. The monoisotopic (exact) mass is 286 g/mol. The molecule has 21 heavy (non-hydrogen) atoms. The van der Waals surface area contributed by atoms with Gasteiger partial charge < -0.3 is 10.1 Å². The standard InChI is InChI=1S/C16H22N4O/c1-6-18-16-12(5)11(4)15(19-20-16)13-7-14(9-17-8-13)21-10(2)3/h7-10H,6H2,1-5H3,(H,18,20). The zero-order chi connectivity index (χ0) is 15.4. The highest BCUT2D eigenvalue weighted by Crippen LogP contribution is 2.27. The minimum absolute atomic E-state index is 0.118. The van der Waals surface area contributed by atoms with E-state index in [0.717, 1.165) is 40.5 Å². The third-order valence-electron chi connectivity index (χ3n) is 3.23. The SMILES string of the molecule is CCNc1nnc(-c2cncc(OC(C)C)c2)c(C)c1C. The summed E-state index contributed by atoms with van der Waals surface area (Å²) in [5, 5.41) is 11.8. The van der Waals surface area contributed by atoms with Gasteiger partial charge in [-0.1, -0.05) is 0 Å². The van der Waals surface area contributed by atoms with E-state index in [2.05, 4.69) is 27.4 Å². The molecule has 0 aromatic carbocycles. The predicted octanol–water partition coefficient (Wildman–Crippen LogP) is 3.37. The molecule has 0 saturated carbocycles. The van der Waals surface area contributed by atoms with Crippen LogP contribution in [0.15, 0.2) is 18.5 Å². The van der Waals surface area contributed by atoms with Crippen molar-refractivity contribution in [2.24, 2.45) is 0 Å². The molecule has 1 N–H and O–H groups in total. The van der Waals surface area contributed by atoms with Gasteiger partial charge in [0.25, 0.3) is 0 Å². The number of aromatic nitrogens is 3. The fourth-order valence-electron chi connectivity index (χ4n) is 2.10. The summed E-state index contributed by atoms with van der Waals surface area (Å²) in [6, 6.07) is 1.95. The van der Waals surface area contributed by atoms with Crippen molar-refractivity contribution in [3.05, 3.63) is 29.6 Å². The molecule has 0 fully saturated rings. The van der Waals surface area contributed by atoms with Crippen molar-refractivity contribution in [2.45, 2.75) is 40.7 Å². The summed E-state index contributed by atoms with van der Waals surface area (Å²) in [4.78, 5) is 4.24. The summed E-state index contributed by atoms with van der Waals surface area (Å²) < 4.78 is 5.69. The first-order chi connectivity index (χ1) is 10.0. The first-order valence-corrected chi connectivity index (χ1v) is 7.22. The van der Waals surface area contributed by atoms with Crippen LogP contribution in [0.4, 0.5) is 5.82 Å². The van der Waals surface area contributed by atoms with Crippen molar-refractivity contribution in [3.63, 3.8) is 0 Å². The van der Waals surface area contributed by atoms with Crippen LogP contribution in [0.3, 0.4) is 0 Å². The zero-order valence-electron chi connectivity index (χ0n) is 13.3. The van der Waals surface area contributed by atoms with Gasteiger partial charge in [-0.05, 0) is 51.8 Å². The molecule has 0 unspecified atom stereocenters. The Balaban J connectivity index is 2.40. The van der Waals surface area contributed by atoms with Gasteiger partial charge in [-0.3, -0.25) is 4.98 Å². The minimum atomic E-state index is 0.118. The third kappa shape index (κ3) is 3.48. The maximum Gasteiger partial charge on any atom is 0.151 e. The van der Waals surface area contributed by atoms with Gasteiger partial charge >= 0.3 is 0 Å². The van der Waals surface area contributed by atoms with Gasteiger partial charge in [0.05, 0.1) is 18.0 Å². The molecule has 0 spiro atoms. The van der Waals surface area contributed by atoms with E-state index in [1.807, 2.05) is 33.8 Å². The first kappa shape index (κ1) is 15.2. The highest BCUT2D eigenvalue weighted by atomic mass is 16.5. The highest BCUT2D eigenvalue weighted by Gasteiger charge is 2.12. The third-order valence-corrected chi connectivity index (χ3v) is 3.23. The zero-order valence-corrected chi connectivity index (χ0v) is 13.3. The Bertz CT molecular complexity index is 626. The quantitative estimate of drug-likeness (QED) is 0.913. The van der Waals surface area contributed by atoms with Crippen LogP contribution in [0, 0.1) is 13.8 Å². The van der Waals surface area contributed by atoms with Gasteiger partial charge in [0.15, 0.2) is 5.82 Å². The number of ether oxygens (including phenoxy) is 1. The Kier molecular flexibility index (Phi) is 4.73. The topological polar surface area (TPSA) is 59.9 Å². The van der Waals surface area contributed by atoms with E-state index in [1.165, 1.54) is 0 Å². The van der Waals surface area contributed by atoms with E-state index in [0.29, 0.717) is 0 Å². The molecule has 2 aromatic rings. The molecule has 5 heteroatoms. The number of anilines is 1. The van der Waals surface area contributed by atoms with Crippen LogP contribution in [0.2, 0.25) is 0 Å². The number of nitrogens with zero attached hydrogens (tertiary/aromatic N) is 3. The van der Waals surface area contributed by atoms with Crippen molar-refractivity contribution >= 4 is 5.82 Å². The second-order valence-electron chi connectivity index (χ2n) is 5.25. The summed E-state index contributed by atoms with van der Waals surface area (Å²) in [6.07, 6.45) is 3.62. The highest BCUT2D eigenvalue weighted by molar-refractivity contribution is 5.66. The van der Waals surface area contributed by atoms with Crippen LogP contribution >= 0.6 is 0 Å². The fourth-order valence-corrected chi connectivity index (χ4v) is 2.10. The van der Waals surface area contributed by atoms with Crippen molar-refractivity contribution in [1.82, 2.24) is 15.2 Å². The average Bonchev–Trinajstić information content (AvgIpc) is 2.44. The Morgan fingerprint density at radius 1 is 1.14 bits per heavy atom. The second kappa shape index (κ2) is 6.52. The minimum Gasteiger partial charge on any atom is -0.489 e. The van der Waals surface area contributed by atoms with Crippen molar-refractivity contribution < 1.29 is 4.74 Å².